The molecule has 166 valence electrons. The van der Waals surface area contributed by atoms with Gasteiger partial charge < -0.3 is 15.0 Å². The molecule has 1 N–H and O–H groups in total. The van der Waals surface area contributed by atoms with Crippen molar-refractivity contribution in [3.63, 3.8) is 0 Å². The van der Waals surface area contributed by atoms with E-state index < -0.39 is 17.8 Å². The minimum absolute atomic E-state index is 0.109. The van der Waals surface area contributed by atoms with E-state index in [2.05, 4.69) is 20.4 Å². The Hall–Kier alpha value is -3.60. The van der Waals surface area contributed by atoms with Crippen LogP contribution in [-0.4, -0.2) is 44.8 Å². The second-order valence-electron chi connectivity index (χ2n) is 7.11. The molecule has 1 aromatic carbocycles. The summed E-state index contributed by atoms with van der Waals surface area (Å²) < 4.78 is 20.4. The molecule has 3 aromatic rings. The Kier molecular flexibility index (Phi) is 5.99. The number of allylic oxidation sites excluding steroid dienone is 1. The predicted molar refractivity (Wildman–Crippen MR) is 117 cm³/mol. The minimum atomic E-state index is -0.673. The zero-order valence-electron chi connectivity index (χ0n) is 17.7. The topological polar surface area (TPSA) is 102 Å². The number of thiazole rings is 1. The molecular weight excluding hydrogens is 435 g/mol. The number of aryl methyl sites for hydroxylation is 1. The van der Waals surface area contributed by atoms with Crippen molar-refractivity contribution in [1.29, 1.82) is 0 Å². The van der Waals surface area contributed by atoms with E-state index >= 15 is 0 Å². The lowest BCUT2D eigenvalue weighted by molar-refractivity contribution is -0.139. The van der Waals surface area contributed by atoms with Crippen LogP contribution in [0.1, 0.15) is 31.1 Å². The summed E-state index contributed by atoms with van der Waals surface area (Å²) >= 11 is 1.33. The van der Waals surface area contributed by atoms with Crippen LogP contribution in [0.15, 0.2) is 47.2 Å². The smallest absolute Gasteiger partial charge is 0.338 e. The maximum Gasteiger partial charge on any atom is 0.338 e. The number of hydrogen-bond donors (Lipinski definition) is 1. The molecule has 1 aliphatic rings. The fourth-order valence-corrected chi connectivity index (χ4v) is 4.26. The molecule has 9 nitrogen and oxygen atoms in total. The van der Waals surface area contributed by atoms with Gasteiger partial charge in [0.05, 0.1) is 17.9 Å². The van der Waals surface area contributed by atoms with Crippen molar-refractivity contribution in [2.45, 2.75) is 26.8 Å². The molecule has 32 heavy (non-hydrogen) atoms. The molecule has 11 heteroatoms. The fraction of sp³-hybridized carbons (Fsp3) is 0.286. The number of fused-ring (bicyclic) bond motifs is 1. The van der Waals surface area contributed by atoms with Crippen molar-refractivity contribution < 1.29 is 18.7 Å². The summed E-state index contributed by atoms with van der Waals surface area (Å²) in [6, 6.07) is 5.14. The minimum Gasteiger partial charge on any atom is -0.463 e. The third-order valence-electron chi connectivity index (χ3n) is 4.96. The first-order chi connectivity index (χ1) is 15.4. The van der Waals surface area contributed by atoms with Crippen LogP contribution in [0.3, 0.4) is 0 Å². The van der Waals surface area contributed by atoms with Gasteiger partial charge in [-0.2, -0.15) is 10.1 Å². The Morgan fingerprint density at radius 2 is 2.00 bits per heavy atom. The van der Waals surface area contributed by atoms with E-state index in [1.165, 1.54) is 34.5 Å². The number of anilines is 2. The molecule has 0 saturated carbocycles. The molecule has 1 unspecified atom stereocenters. The van der Waals surface area contributed by atoms with Gasteiger partial charge in [-0.25, -0.2) is 18.9 Å². The van der Waals surface area contributed by atoms with Crippen LogP contribution in [-0.2, 0) is 14.3 Å². The molecule has 4 rings (SSSR count). The quantitative estimate of drug-likeness (QED) is 0.569. The normalized spacial score (nSPS) is 15.5. The van der Waals surface area contributed by atoms with Crippen molar-refractivity contribution in [3.05, 3.63) is 64.3 Å². The number of benzene rings is 1. The maximum atomic E-state index is 13.5. The van der Waals surface area contributed by atoms with Gasteiger partial charge >= 0.3 is 5.97 Å². The summed E-state index contributed by atoms with van der Waals surface area (Å²) in [4.78, 5) is 35.9. The van der Waals surface area contributed by atoms with E-state index in [1.54, 1.807) is 30.9 Å². The number of nitrogens with one attached hydrogen (secondary N) is 1. The van der Waals surface area contributed by atoms with E-state index in [0.717, 1.165) is 5.69 Å². The highest BCUT2D eigenvalue weighted by Gasteiger charge is 2.38. The Bertz CT molecular complexity index is 1190. The Balaban J connectivity index is 1.73. The van der Waals surface area contributed by atoms with Crippen LogP contribution in [0, 0.1) is 12.7 Å². The van der Waals surface area contributed by atoms with Crippen molar-refractivity contribution in [2.24, 2.45) is 0 Å². The molecule has 2 aromatic heterocycles. The SMILES string of the molecule is CCOC(=O)C1=C(C)N(CC(=O)Nc2nc(C)cs2)c2ncnn2C1c1ccc(F)cc1. The van der Waals surface area contributed by atoms with Crippen molar-refractivity contribution in [2.75, 3.05) is 23.4 Å². The third kappa shape index (κ3) is 4.11. The average molecular weight is 457 g/mol. The first-order valence-corrected chi connectivity index (χ1v) is 10.8. The maximum absolute atomic E-state index is 13.5. The van der Waals surface area contributed by atoms with Gasteiger partial charge in [0.25, 0.3) is 0 Å². The van der Waals surface area contributed by atoms with Gasteiger partial charge in [-0.1, -0.05) is 12.1 Å². The summed E-state index contributed by atoms with van der Waals surface area (Å²) in [7, 11) is 0. The fourth-order valence-electron chi connectivity index (χ4n) is 3.56. The zero-order valence-corrected chi connectivity index (χ0v) is 18.5. The number of carbonyl (C=O) groups is 2. The van der Waals surface area contributed by atoms with Crippen LogP contribution in [0.25, 0.3) is 0 Å². The van der Waals surface area contributed by atoms with Crippen LogP contribution in [0.5, 0.6) is 0 Å². The molecule has 3 heterocycles. The van der Waals surface area contributed by atoms with Gasteiger partial charge in [-0.3, -0.25) is 4.79 Å². The van der Waals surface area contributed by atoms with Crippen molar-refractivity contribution in [1.82, 2.24) is 19.7 Å². The van der Waals surface area contributed by atoms with Gasteiger partial charge in [0, 0.05) is 11.1 Å². The molecule has 1 aliphatic heterocycles. The third-order valence-corrected chi connectivity index (χ3v) is 5.83. The van der Waals surface area contributed by atoms with E-state index in [-0.39, 0.29) is 19.1 Å². The number of nitrogens with zero attached hydrogens (tertiary/aromatic N) is 5. The summed E-state index contributed by atoms with van der Waals surface area (Å²) in [6.07, 6.45) is 1.35. The lowest BCUT2D eigenvalue weighted by atomic mass is 9.95. The highest BCUT2D eigenvalue weighted by molar-refractivity contribution is 7.13. The van der Waals surface area contributed by atoms with Gasteiger partial charge in [-0.15, -0.1) is 11.3 Å². The molecule has 0 radical (unpaired) electrons. The first kappa shape index (κ1) is 21.6. The van der Waals surface area contributed by atoms with Crippen LogP contribution in [0.4, 0.5) is 15.5 Å². The molecule has 0 aliphatic carbocycles. The van der Waals surface area contributed by atoms with Crippen molar-refractivity contribution in [3.8, 4) is 0 Å². The Morgan fingerprint density at radius 3 is 2.66 bits per heavy atom. The summed E-state index contributed by atoms with van der Waals surface area (Å²) in [5.41, 5.74) is 2.26. The number of halogens is 1. The van der Waals surface area contributed by atoms with E-state index in [4.69, 9.17) is 4.74 Å². The Labute approximate surface area is 187 Å². The molecule has 0 bridgehead atoms. The lowest BCUT2D eigenvalue weighted by Crippen LogP contribution is -2.40. The largest absolute Gasteiger partial charge is 0.463 e. The van der Waals surface area contributed by atoms with Crippen LogP contribution < -0.4 is 10.2 Å². The average Bonchev–Trinajstić information content (AvgIpc) is 3.39. The summed E-state index contributed by atoms with van der Waals surface area (Å²) in [6.45, 7) is 5.35. The molecule has 1 atom stereocenters. The highest BCUT2D eigenvalue weighted by atomic mass is 32.1. The van der Waals surface area contributed by atoms with Crippen LogP contribution >= 0.6 is 11.3 Å². The van der Waals surface area contributed by atoms with E-state index in [1.807, 2.05) is 12.3 Å². The standard InChI is InChI=1S/C21H21FN6O3S/c1-4-31-19(30)17-13(3)27(9-16(29)26-20-25-12(2)10-32-20)21-23-11-24-28(21)18(17)14-5-7-15(22)8-6-14/h5-8,10-11,18H,4,9H2,1-3H3,(H,25,26,29). The van der Waals surface area contributed by atoms with Crippen molar-refractivity contribution >= 4 is 34.3 Å². The number of hydrogen-bond acceptors (Lipinski definition) is 8. The highest BCUT2D eigenvalue weighted by Crippen LogP contribution is 2.38. The second-order valence-corrected chi connectivity index (χ2v) is 7.96. The van der Waals surface area contributed by atoms with Gasteiger partial charge in [0.1, 0.15) is 24.7 Å². The first-order valence-electron chi connectivity index (χ1n) is 9.91. The predicted octanol–water partition coefficient (Wildman–Crippen LogP) is 3.07. The van der Waals surface area contributed by atoms with Gasteiger partial charge in [-0.05, 0) is 38.5 Å². The summed E-state index contributed by atoms with van der Waals surface area (Å²) in [5, 5.41) is 9.38. The number of ether oxygens (including phenoxy) is 1. The lowest BCUT2D eigenvalue weighted by Gasteiger charge is -2.34. The number of carbonyl (C=O) groups excluding carboxylic acids is 2. The summed E-state index contributed by atoms with van der Waals surface area (Å²) in [5.74, 6) is -0.869. The second kappa shape index (κ2) is 8.87. The molecule has 0 spiro atoms. The molecular formula is C21H21FN6O3S. The van der Waals surface area contributed by atoms with E-state index in [0.29, 0.717) is 27.9 Å². The molecule has 1 amide bonds. The number of amides is 1. The molecule has 0 saturated heterocycles. The van der Waals surface area contributed by atoms with E-state index in [9.17, 15) is 14.0 Å². The van der Waals surface area contributed by atoms with Gasteiger partial charge in [0.2, 0.25) is 11.9 Å². The monoisotopic (exact) mass is 456 g/mol. The zero-order chi connectivity index (χ0) is 22.8. The number of aromatic nitrogens is 4. The van der Waals surface area contributed by atoms with Crippen LogP contribution in [0.2, 0.25) is 0 Å². The Morgan fingerprint density at radius 1 is 1.25 bits per heavy atom. The number of esters is 1. The van der Waals surface area contributed by atoms with Gasteiger partial charge in [0.15, 0.2) is 5.13 Å². The number of rotatable bonds is 6. The molecule has 0 fully saturated rings.